The van der Waals surface area contributed by atoms with Crippen LogP contribution in [-0.2, 0) is 4.57 Å². The molecule has 0 heterocycles. The minimum Gasteiger partial charge on any atom is -0.822 e. The largest absolute Gasteiger partial charge is 1.00 e. The predicted molar refractivity (Wildman–Crippen MR) is 14.8 cm³/mol. The first kappa shape index (κ1) is 36.0. The number of hydrogen-bond donors (Lipinski definition) is 0. The van der Waals surface area contributed by atoms with E-state index >= 15 is 0 Å². The fourth-order valence-electron chi connectivity index (χ4n) is 0. The molecule has 0 bridgehead atoms. The smallest absolute Gasteiger partial charge is 0.822 e. The summed E-state index contributed by atoms with van der Waals surface area (Å²) in [4.78, 5) is 25.6. The van der Waals surface area contributed by atoms with Gasteiger partial charge in [-0.15, -0.1) is 0 Å². The van der Waals surface area contributed by atoms with Crippen molar-refractivity contribution in [1.29, 1.82) is 0 Å². The average molecular weight is 530 g/mol. The van der Waals surface area contributed by atoms with Crippen LogP contribution in [0.25, 0.3) is 0 Å². The standard InChI is InChI=1S/3Cs.H3O4P.2H2O/c;;;1-5(2,3)4;;/h;;;(H3,1,2,3,4);2*1H2/q3*+1;;;/p-3. The molecule has 10 heavy (non-hydrogen) atoms. The normalized spacial score (nSPS) is 5.90. The second kappa shape index (κ2) is 20.6. The molecule has 0 aliphatic carbocycles. The van der Waals surface area contributed by atoms with E-state index in [4.69, 9.17) is 19.2 Å². The van der Waals surface area contributed by atoms with Gasteiger partial charge in [-0.25, -0.2) is 0 Å². The van der Waals surface area contributed by atoms with Crippen LogP contribution in [0.2, 0.25) is 0 Å². The van der Waals surface area contributed by atoms with Crippen LogP contribution < -0.4 is 221 Å². The van der Waals surface area contributed by atoms with Gasteiger partial charge in [-0.1, -0.05) is 0 Å². The van der Waals surface area contributed by atoms with Gasteiger partial charge in [0.15, 0.2) is 0 Å². The van der Waals surface area contributed by atoms with Gasteiger partial charge < -0.3 is 30.2 Å². The van der Waals surface area contributed by atoms with E-state index in [9.17, 15) is 0 Å². The molecule has 0 fully saturated rings. The van der Waals surface area contributed by atoms with Crippen LogP contribution in [0.4, 0.5) is 0 Å². The summed E-state index contributed by atoms with van der Waals surface area (Å²) in [6.45, 7) is 0. The molecule has 6 nitrogen and oxygen atoms in total. The van der Waals surface area contributed by atoms with Gasteiger partial charge >= 0.3 is 207 Å². The summed E-state index contributed by atoms with van der Waals surface area (Å²) < 4.78 is 8.55. The monoisotopic (exact) mass is 530 g/mol. The summed E-state index contributed by atoms with van der Waals surface area (Å²) >= 11 is 0. The van der Waals surface area contributed by atoms with E-state index in [1.165, 1.54) is 0 Å². The first-order valence-corrected chi connectivity index (χ1v) is 2.19. The van der Waals surface area contributed by atoms with E-state index in [1.54, 1.807) is 0 Å². The van der Waals surface area contributed by atoms with Crippen molar-refractivity contribution in [2.45, 2.75) is 0 Å². The molecule has 0 atom stereocenters. The third kappa shape index (κ3) is 64.5. The molecule has 4 N–H and O–H groups in total. The molecule has 0 spiro atoms. The number of phosphoric acid groups is 1. The molecule has 0 aliphatic rings. The molecule has 0 aromatic carbocycles. The molecule has 0 radical (unpaired) electrons. The van der Waals surface area contributed by atoms with E-state index in [-0.39, 0.29) is 218 Å². The fourth-order valence-corrected chi connectivity index (χ4v) is 0. The second-order valence-corrected chi connectivity index (χ2v) is 1.34. The molecular weight excluding hydrogens is 526 g/mol. The van der Waals surface area contributed by atoms with Crippen LogP contribution in [0.5, 0.6) is 0 Å². The Morgan fingerprint density at radius 2 is 0.800 bits per heavy atom. The first-order valence-electron chi connectivity index (χ1n) is 0.730. The third-order valence-corrected chi connectivity index (χ3v) is 0. The predicted octanol–water partition coefficient (Wildman–Crippen LogP) is -13.5. The van der Waals surface area contributed by atoms with Crippen molar-refractivity contribution in [3.8, 4) is 0 Å². The van der Waals surface area contributed by atoms with Gasteiger partial charge in [0.1, 0.15) is 0 Å². The molecule has 0 amide bonds. The van der Waals surface area contributed by atoms with Gasteiger partial charge in [-0.2, -0.15) is 7.82 Å². The van der Waals surface area contributed by atoms with Crippen LogP contribution in [-0.4, -0.2) is 11.0 Å². The minimum atomic E-state index is -5.39. The summed E-state index contributed by atoms with van der Waals surface area (Å²) in [5.74, 6) is 0. The Morgan fingerprint density at radius 3 is 0.800 bits per heavy atom. The SMILES string of the molecule is O.O.O=P([O-])([O-])[O-].[Cs+].[Cs+].[Cs+]. The molecular formula is H4Cs3O6P. The first-order chi connectivity index (χ1) is 2.00. The summed E-state index contributed by atoms with van der Waals surface area (Å²) in [7, 11) is -5.39. The van der Waals surface area contributed by atoms with Crippen LogP contribution in [0, 0.1) is 0 Å². The summed E-state index contributed by atoms with van der Waals surface area (Å²) in [6.07, 6.45) is 0. The minimum absolute atomic E-state index is 0. The third-order valence-electron chi connectivity index (χ3n) is 0. The molecule has 0 unspecified atom stereocenters. The van der Waals surface area contributed by atoms with Gasteiger partial charge in [0.05, 0.1) is 0 Å². The fraction of sp³-hybridized carbons (Fsp3) is 0. The second-order valence-electron chi connectivity index (χ2n) is 0.447. The van der Waals surface area contributed by atoms with Crippen LogP contribution >= 0.6 is 7.82 Å². The van der Waals surface area contributed by atoms with Crippen LogP contribution in [0.15, 0.2) is 0 Å². The Labute approximate surface area is 235 Å². The Balaban J connectivity index is -0.00000000800. The van der Waals surface area contributed by atoms with Gasteiger partial charge in [-0.05, 0) is 0 Å². The Kier molecular flexibility index (Phi) is 74.0. The summed E-state index contributed by atoms with van der Waals surface area (Å²) in [5.41, 5.74) is 0. The average Bonchev–Trinajstić information content (AvgIpc) is 0.722. The molecule has 0 aliphatic heterocycles. The van der Waals surface area contributed by atoms with E-state index in [1.807, 2.05) is 0 Å². The van der Waals surface area contributed by atoms with Gasteiger partial charge in [0.2, 0.25) is 0 Å². The van der Waals surface area contributed by atoms with E-state index < -0.39 is 7.82 Å². The summed E-state index contributed by atoms with van der Waals surface area (Å²) in [5, 5.41) is 0. The van der Waals surface area contributed by atoms with E-state index in [0.717, 1.165) is 0 Å². The van der Waals surface area contributed by atoms with Crippen molar-refractivity contribution in [2.75, 3.05) is 0 Å². The zero-order valence-electron chi connectivity index (χ0n) is 6.08. The van der Waals surface area contributed by atoms with Crippen LogP contribution in [0.1, 0.15) is 0 Å². The molecule has 10 heteroatoms. The molecule has 0 aromatic heterocycles. The van der Waals surface area contributed by atoms with Crippen molar-refractivity contribution in [3.05, 3.63) is 0 Å². The maximum atomic E-state index is 8.55. The topological polar surface area (TPSA) is 149 Å². The van der Waals surface area contributed by atoms with Gasteiger partial charge in [0.25, 0.3) is 0 Å². The number of rotatable bonds is 0. The Morgan fingerprint density at radius 1 is 0.800 bits per heavy atom. The van der Waals surface area contributed by atoms with Crippen molar-refractivity contribution >= 4 is 7.82 Å². The molecule has 48 valence electrons. The van der Waals surface area contributed by atoms with Gasteiger partial charge in [-0.3, -0.25) is 0 Å². The van der Waals surface area contributed by atoms with Crippen LogP contribution in [0.3, 0.4) is 0 Å². The zero-order chi connectivity index (χ0) is 4.50. The van der Waals surface area contributed by atoms with Crippen molar-refractivity contribution in [3.63, 3.8) is 0 Å². The van der Waals surface area contributed by atoms with Gasteiger partial charge in [0, 0.05) is 0 Å². The molecule has 0 saturated heterocycles. The maximum absolute atomic E-state index is 8.55. The molecule has 0 rings (SSSR count). The maximum Gasteiger partial charge on any atom is 1.00 e. The van der Waals surface area contributed by atoms with Crippen molar-refractivity contribution in [2.24, 2.45) is 0 Å². The molecule has 0 aromatic rings. The quantitative estimate of drug-likeness (QED) is 0.286. The van der Waals surface area contributed by atoms with E-state index in [0.29, 0.717) is 0 Å². The number of hydrogen-bond acceptors (Lipinski definition) is 4. The Hall–Kier alpha value is 6.19. The van der Waals surface area contributed by atoms with E-state index in [2.05, 4.69) is 0 Å². The summed E-state index contributed by atoms with van der Waals surface area (Å²) in [6, 6.07) is 0. The molecule has 0 saturated carbocycles. The van der Waals surface area contributed by atoms with Crippen molar-refractivity contribution < 1.29 is 237 Å². The van der Waals surface area contributed by atoms with Crippen molar-refractivity contribution in [1.82, 2.24) is 0 Å². The Bertz CT molecular complexity index is 59.1. The zero-order valence-corrected chi connectivity index (χ0v) is 25.8.